The molecule has 3 rings (SSSR count). The number of H-pyrrole nitrogens is 1. The molecule has 0 amide bonds. The maximum Gasteiger partial charge on any atom is 0.140 e. The van der Waals surface area contributed by atoms with E-state index < -0.39 is 6.10 Å². The number of nitrogens with one attached hydrogen (secondary N) is 1. The van der Waals surface area contributed by atoms with E-state index in [4.69, 9.17) is 9.47 Å². The van der Waals surface area contributed by atoms with Crippen LogP contribution in [0.5, 0.6) is 11.5 Å². The zero-order valence-corrected chi connectivity index (χ0v) is 13.7. The lowest BCUT2D eigenvalue weighted by atomic mass is 10.1. The predicted octanol–water partition coefficient (Wildman–Crippen LogP) is 3.42. The molecule has 0 aliphatic carbocycles. The van der Waals surface area contributed by atoms with Crippen molar-refractivity contribution in [1.82, 2.24) is 9.97 Å². The average molecular weight is 363 g/mol. The molecule has 0 radical (unpaired) electrons. The van der Waals surface area contributed by atoms with E-state index in [0.29, 0.717) is 11.6 Å². The van der Waals surface area contributed by atoms with Crippen LogP contribution in [0, 0.1) is 0 Å². The molecular formula is C16H15BrN2O3. The van der Waals surface area contributed by atoms with E-state index in [1.165, 1.54) is 0 Å². The quantitative estimate of drug-likeness (QED) is 0.745. The van der Waals surface area contributed by atoms with Gasteiger partial charge in [-0.3, -0.25) is 0 Å². The summed E-state index contributed by atoms with van der Waals surface area (Å²) in [6.45, 7) is 0. The lowest BCUT2D eigenvalue weighted by Crippen LogP contribution is -2.02. The third-order valence-corrected chi connectivity index (χ3v) is 4.08. The number of hydrogen-bond acceptors (Lipinski definition) is 4. The molecule has 22 heavy (non-hydrogen) atoms. The third kappa shape index (κ3) is 2.67. The number of nitrogens with zero attached hydrogens (tertiary/aromatic N) is 1. The smallest absolute Gasteiger partial charge is 0.140 e. The Morgan fingerprint density at radius 2 is 1.95 bits per heavy atom. The molecule has 5 nitrogen and oxygen atoms in total. The van der Waals surface area contributed by atoms with E-state index in [2.05, 4.69) is 25.9 Å². The highest BCUT2D eigenvalue weighted by Crippen LogP contribution is 2.30. The van der Waals surface area contributed by atoms with E-state index in [-0.39, 0.29) is 0 Å². The number of hydrogen-bond donors (Lipinski definition) is 2. The number of imidazole rings is 1. The van der Waals surface area contributed by atoms with Crippen molar-refractivity contribution in [3.63, 3.8) is 0 Å². The summed E-state index contributed by atoms with van der Waals surface area (Å²) in [7, 11) is 3.21. The number of benzene rings is 2. The fourth-order valence-corrected chi connectivity index (χ4v) is 2.83. The van der Waals surface area contributed by atoms with Gasteiger partial charge in [-0.25, -0.2) is 4.98 Å². The Balaban J connectivity index is 1.97. The molecule has 0 saturated carbocycles. The normalized spacial score (nSPS) is 12.4. The lowest BCUT2D eigenvalue weighted by molar-refractivity contribution is 0.211. The number of fused-ring (bicyclic) bond motifs is 1. The molecule has 0 spiro atoms. The number of rotatable bonds is 4. The van der Waals surface area contributed by atoms with Crippen molar-refractivity contribution in [2.24, 2.45) is 0 Å². The maximum absolute atomic E-state index is 10.5. The van der Waals surface area contributed by atoms with Gasteiger partial charge in [-0.05, 0) is 45.8 Å². The molecule has 0 bridgehead atoms. The van der Waals surface area contributed by atoms with E-state index in [9.17, 15) is 5.11 Å². The van der Waals surface area contributed by atoms with Crippen molar-refractivity contribution < 1.29 is 14.6 Å². The Morgan fingerprint density at radius 1 is 1.14 bits per heavy atom. The van der Waals surface area contributed by atoms with Crippen molar-refractivity contribution in [1.29, 1.82) is 0 Å². The van der Waals surface area contributed by atoms with Crippen LogP contribution in [0.25, 0.3) is 11.0 Å². The fraction of sp³-hybridized carbons (Fsp3) is 0.188. The highest BCUT2D eigenvalue weighted by molar-refractivity contribution is 9.10. The van der Waals surface area contributed by atoms with Crippen LogP contribution in [-0.4, -0.2) is 29.3 Å². The monoisotopic (exact) mass is 362 g/mol. The van der Waals surface area contributed by atoms with Gasteiger partial charge in [0.25, 0.3) is 0 Å². The van der Waals surface area contributed by atoms with Gasteiger partial charge in [0.1, 0.15) is 23.4 Å². The Kier molecular flexibility index (Phi) is 4.04. The minimum atomic E-state index is -0.847. The second-order valence-electron chi connectivity index (χ2n) is 4.80. The van der Waals surface area contributed by atoms with Crippen molar-refractivity contribution in [3.8, 4) is 11.5 Å². The fourth-order valence-electron chi connectivity index (χ4n) is 2.27. The Bertz CT molecular complexity index is 816. The Hall–Kier alpha value is -2.05. The van der Waals surface area contributed by atoms with E-state index >= 15 is 0 Å². The summed E-state index contributed by atoms with van der Waals surface area (Å²) in [6, 6.07) is 11.0. The van der Waals surface area contributed by atoms with Crippen LogP contribution in [0.3, 0.4) is 0 Å². The van der Waals surface area contributed by atoms with Gasteiger partial charge in [0.2, 0.25) is 0 Å². The molecule has 114 valence electrons. The highest BCUT2D eigenvalue weighted by Gasteiger charge is 2.16. The van der Waals surface area contributed by atoms with Gasteiger partial charge < -0.3 is 19.6 Å². The molecule has 1 unspecified atom stereocenters. The molecule has 0 aliphatic heterocycles. The number of methoxy groups -OCH3 is 2. The zero-order valence-electron chi connectivity index (χ0n) is 12.1. The van der Waals surface area contributed by atoms with Gasteiger partial charge in [0.05, 0.1) is 29.7 Å². The molecule has 1 atom stereocenters. The van der Waals surface area contributed by atoms with Crippen LogP contribution in [0.1, 0.15) is 17.5 Å². The summed E-state index contributed by atoms with van der Waals surface area (Å²) >= 11 is 3.42. The number of aliphatic hydroxyl groups is 1. The SMILES string of the molecule is COc1ccc2[nH]c(C(O)c3ccc(OC)c(Br)c3)nc2c1. The van der Waals surface area contributed by atoms with Gasteiger partial charge >= 0.3 is 0 Å². The first-order chi connectivity index (χ1) is 10.6. The lowest BCUT2D eigenvalue weighted by Gasteiger charge is -2.10. The van der Waals surface area contributed by atoms with Crippen LogP contribution in [0.4, 0.5) is 0 Å². The van der Waals surface area contributed by atoms with E-state index in [1.807, 2.05) is 30.3 Å². The molecule has 2 aromatic carbocycles. The molecule has 0 aliphatic rings. The van der Waals surface area contributed by atoms with Gasteiger partial charge in [-0.2, -0.15) is 0 Å². The number of aromatic nitrogens is 2. The summed E-state index contributed by atoms with van der Waals surface area (Å²) in [5, 5.41) is 10.5. The number of aromatic amines is 1. The molecule has 3 aromatic rings. The highest BCUT2D eigenvalue weighted by atomic mass is 79.9. The maximum atomic E-state index is 10.5. The van der Waals surface area contributed by atoms with Crippen molar-refractivity contribution in [3.05, 3.63) is 52.3 Å². The first-order valence-electron chi connectivity index (χ1n) is 6.67. The standard InChI is InChI=1S/C16H15BrN2O3/c1-21-10-4-5-12-13(8-10)19-16(18-12)15(20)9-3-6-14(22-2)11(17)7-9/h3-8,15,20H,1-2H3,(H,18,19). The van der Waals surface area contributed by atoms with Gasteiger partial charge in [-0.15, -0.1) is 0 Å². The second-order valence-corrected chi connectivity index (χ2v) is 5.66. The van der Waals surface area contributed by atoms with Crippen LogP contribution >= 0.6 is 15.9 Å². The predicted molar refractivity (Wildman–Crippen MR) is 87.4 cm³/mol. The molecule has 1 heterocycles. The number of halogens is 1. The minimum Gasteiger partial charge on any atom is -0.497 e. The van der Waals surface area contributed by atoms with Crippen LogP contribution < -0.4 is 9.47 Å². The summed E-state index contributed by atoms with van der Waals surface area (Å²) in [5.41, 5.74) is 2.32. The van der Waals surface area contributed by atoms with Crippen LogP contribution in [0.2, 0.25) is 0 Å². The molecule has 1 aromatic heterocycles. The van der Waals surface area contributed by atoms with Crippen LogP contribution in [-0.2, 0) is 0 Å². The third-order valence-electron chi connectivity index (χ3n) is 3.46. The first-order valence-corrected chi connectivity index (χ1v) is 7.47. The minimum absolute atomic E-state index is 0.486. The topological polar surface area (TPSA) is 67.4 Å². The molecule has 2 N–H and O–H groups in total. The first kappa shape index (κ1) is 14.9. The van der Waals surface area contributed by atoms with Crippen molar-refractivity contribution >= 4 is 27.0 Å². The van der Waals surface area contributed by atoms with Gasteiger partial charge in [0, 0.05) is 6.07 Å². The molecule has 0 fully saturated rings. The Labute approximate surface area is 136 Å². The van der Waals surface area contributed by atoms with E-state index in [0.717, 1.165) is 26.8 Å². The summed E-state index contributed by atoms with van der Waals surface area (Å²) in [6.07, 6.45) is -0.847. The van der Waals surface area contributed by atoms with E-state index in [1.54, 1.807) is 20.3 Å². The van der Waals surface area contributed by atoms with Gasteiger partial charge in [-0.1, -0.05) is 6.07 Å². The van der Waals surface area contributed by atoms with Crippen molar-refractivity contribution in [2.45, 2.75) is 6.10 Å². The van der Waals surface area contributed by atoms with Gasteiger partial charge in [0.15, 0.2) is 0 Å². The Morgan fingerprint density at radius 3 is 2.64 bits per heavy atom. The summed E-state index contributed by atoms with van der Waals surface area (Å²) in [5.74, 6) is 1.93. The summed E-state index contributed by atoms with van der Waals surface area (Å²) in [4.78, 5) is 7.57. The van der Waals surface area contributed by atoms with Crippen molar-refractivity contribution in [2.75, 3.05) is 14.2 Å². The molecule has 0 saturated heterocycles. The zero-order chi connectivity index (χ0) is 15.7. The summed E-state index contributed by atoms with van der Waals surface area (Å²) < 4.78 is 11.2. The average Bonchev–Trinajstić information content (AvgIpc) is 2.96. The molecular weight excluding hydrogens is 348 g/mol. The number of aliphatic hydroxyl groups excluding tert-OH is 1. The number of ether oxygens (including phenoxy) is 2. The largest absolute Gasteiger partial charge is 0.497 e. The molecule has 6 heteroatoms. The second kappa shape index (κ2) is 5.98. The van der Waals surface area contributed by atoms with Crippen LogP contribution in [0.15, 0.2) is 40.9 Å².